The van der Waals surface area contributed by atoms with Gasteiger partial charge in [-0.05, 0) is 24.3 Å². The van der Waals surface area contributed by atoms with Crippen molar-refractivity contribution in [3.05, 3.63) is 54.1 Å². The van der Waals surface area contributed by atoms with Crippen LogP contribution in [0.3, 0.4) is 0 Å². The highest BCUT2D eigenvalue weighted by Crippen LogP contribution is 2.22. The van der Waals surface area contributed by atoms with Crippen LogP contribution in [0.15, 0.2) is 41.1 Å². The number of fused-ring (bicyclic) bond motifs is 1. The number of ether oxygens (including phenoxy) is 1. The number of hydrogen-bond donors (Lipinski definition) is 0. The van der Waals surface area contributed by atoms with E-state index in [0.717, 1.165) is 23.6 Å². The van der Waals surface area contributed by atoms with E-state index in [1.807, 2.05) is 16.7 Å². The Balaban J connectivity index is 1.49. The number of rotatable bonds is 4. The molecule has 0 atom stereocenters. The summed E-state index contributed by atoms with van der Waals surface area (Å²) in [4.78, 5) is 18.3. The minimum absolute atomic E-state index is 0.201. The molecule has 0 fully saturated rings. The first-order chi connectivity index (χ1) is 12.7. The van der Waals surface area contributed by atoms with Crippen LogP contribution in [0.25, 0.3) is 11.3 Å². The molecule has 8 nitrogen and oxygen atoms in total. The highest BCUT2D eigenvalue weighted by Gasteiger charge is 2.21. The van der Waals surface area contributed by atoms with Crippen LogP contribution in [0.1, 0.15) is 22.2 Å². The predicted molar refractivity (Wildman–Crippen MR) is 92.3 cm³/mol. The predicted octanol–water partition coefficient (Wildman–Crippen LogP) is 1.78. The third-order valence-electron chi connectivity index (χ3n) is 4.34. The summed E-state index contributed by atoms with van der Waals surface area (Å²) in [5.41, 5.74) is 0.879. The van der Waals surface area contributed by atoms with Gasteiger partial charge in [-0.15, -0.1) is 10.2 Å². The summed E-state index contributed by atoms with van der Waals surface area (Å²) in [6.07, 6.45) is 4.11. The van der Waals surface area contributed by atoms with E-state index in [9.17, 15) is 4.79 Å². The zero-order valence-corrected chi connectivity index (χ0v) is 14.5. The highest BCUT2D eigenvalue weighted by atomic mass is 16.5. The Labute approximate surface area is 150 Å². The molecule has 0 radical (unpaired) electrons. The second-order valence-corrected chi connectivity index (χ2v) is 6.11. The molecule has 3 aromatic heterocycles. The van der Waals surface area contributed by atoms with Gasteiger partial charge in [-0.2, -0.15) is 0 Å². The van der Waals surface area contributed by atoms with Crippen molar-refractivity contribution in [3.8, 4) is 11.3 Å². The minimum Gasteiger partial charge on any atom is -0.451 e. The summed E-state index contributed by atoms with van der Waals surface area (Å²) in [7, 11) is 1.73. The molecule has 1 aliphatic rings. The van der Waals surface area contributed by atoms with Gasteiger partial charge < -0.3 is 18.6 Å². The fraction of sp³-hybridized carbons (Fsp3) is 0.333. The van der Waals surface area contributed by atoms with Gasteiger partial charge in [0.15, 0.2) is 11.6 Å². The van der Waals surface area contributed by atoms with Gasteiger partial charge in [-0.25, -0.2) is 0 Å². The van der Waals surface area contributed by atoms with Crippen molar-refractivity contribution in [3.63, 3.8) is 0 Å². The van der Waals surface area contributed by atoms with Gasteiger partial charge >= 0.3 is 0 Å². The third-order valence-corrected chi connectivity index (χ3v) is 4.34. The largest absolute Gasteiger partial charge is 0.451 e. The smallest absolute Gasteiger partial charge is 0.289 e. The minimum atomic E-state index is -0.201. The number of furan rings is 1. The van der Waals surface area contributed by atoms with Crippen LogP contribution in [0.5, 0.6) is 0 Å². The maximum absolute atomic E-state index is 12.7. The third kappa shape index (κ3) is 3.23. The average Bonchev–Trinajstić information content (AvgIpc) is 3.23. The lowest BCUT2D eigenvalue weighted by atomic mass is 10.2. The van der Waals surface area contributed by atoms with Gasteiger partial charge in [0.2, 0.25) is 0 Å². The van der Waals surface area contributed by atoms with E-state index in [1.165, 1.54) is 0 Å². The summed E-state index contributed by atoms with van der Waals surface area (Å²) < 4.78 is 13.2. The van der Waals surface area contributed by atoms with Gasteiger partial charge in [-0.3, -0.25) is 9.78 Å². The van der Waals surface area contributed by atoms with Crippen molar-refractivity contribution in [2.24, 2.45) is 0 Å². The molecular weight excluding hydrogens is 334 g/mol. The quantitative estimate of drug-likeness (QED) is 0.711. The zero-order valence-electron chi connectivity index (χ0n) is 14.5. The zero-order chi connectivity index (χ0) is 17.9. The Kier molecular flexibility index (Phi) is 4.49. The van der Waals surface area contributed by atoms with Gasteiger partial charge in [0.25, 0.3) is 5.91 Å². The Morgan fingerprint density at radius 3 is 2.88 bits per heavy atom. The summed E-state index contributed by atoms with van der Waals surface area (Å²) in [6.45, 7) is 2.34. The van der Waals surface area contributed by atoms with Crippen molar-refractivity contribution in [2.75, 3.05) is 20.3 Å². The monoisotopic (exact) mass is 353 g/mol. The van der Waals surface area contributed by atoms with Crippen LogP contribution in [-0.2, 0) is 24.2 Å². The Morgan fingerprint density at radius 1 is 1.19 bits per heavy atom. The number of hydrogen-bond acceptors (Lipinski definition) is 6. The SMILES string of the molecule is CN(Cc1nnc2n1CCOCC2)C(=O)c1ccc(-c2ccncc2)o1. The topological polar surface area (TPSA) is 86.3 Å². The van der Waals surface area contributed by atoms with Crippen molar-refractivity contribution < 1.29 is 13.9 Å². The molecule has 0 saturated carbocycles. The number of nitrogens with zero attached hydrogens (tertiary/aromatic N) is 5. The molecule has 4 rings (SSSR count). The molecule has 0 aliphatic carbocycles. The van der Waals surface area contributed by atoms with Gasteiger partial charge in [0, 0.05) is 38.0 Å². The summed E-state index contributed by atoms with van der Waals surface area (Å²) in [5.74, 6) is 2.38. The molecule has 0 saturated heterocycles. The second-order valence-electron chi connectivity index (χ2n) is 6.11. The molecule has 134 valence electrons. The van der Waals surface area contributed by atoms with Crippen LogP contribution < -0.4 is 0 Å². The number of carbonyl (C=O) groups is 1. The normalized spacial score (nSPS) is 13.9. The van der Waals surface area contributed by atoms with Crippen molar-refractivity contribution in [1.29, 1.82) is 0 Å². The van der Waals surface area contributed by atoms with Crippen LogP contribution in [0, 0.1) is 0 Å². The van der Waals surface area contributed by atoms with Gasteiger partial charge in [-0.1, -0.05) is 0 Å². The number of amides is 1. The van der Waals surface area contributed by atoms with Crippen LogP contribution in [-0.4, -0.2) is 50.8 Å². The maximum Gasteiger partial charge on any atom is 0.289 e. The Bertz CT molecular complexity index is 903. The van der Waals surface area contributed by atoms with E-state index in [-0.39, 0.29) is 5.91 Å². The highest BCUT2D eigenvalue weighted by molar-refractivity contribution is 5.91. The lowest BCUT2D eigenvalue weighted by molar-refractivity contribution is 0.0748. The molecule has 1 aliphatic heterocycles. The fourth-order valence-corrected chi connectivity index (χ4v) is 2.95. The van der Waals surface area contributed by atoms with E-state index >= 15 is 0 Å². The molecule has 0 N–H and O–H groups in total. The molecular formula is C18H19N5O3. The van der Waals surface area contributed by atoms with Crippen LogP contribution in [0.4, 0.5) is 0 Å². The maximum atomic E-state index is 12.7. The van der Waals surface area contributed by atoms with E-state index in [1.54, 1.807) is 36.5 Å². The standard InChI is InChI=1S/C18H19N5O3/c1-22(12-17-21-20-16-6-10-25-11-9-23(16)17)18(24)15-3-2-14(26-15)13-4-7-19-8-5-13/h2-5,7-8H,6,9-12H2,1H3. The molecule has 0 unspecified atom stereocenters. The van der Waals surface area contributed by atoms with E-state index in [2.05, 4.69) is 15.2 Å². The fourth-order valence-electron chi connectivity index (χ4n) is 2.95. The molecule has 4 heterocycles. The average molecular weight is 353 g/mol. The Hall–Kier alpha value is -3.00. The second kappa shape index (κ2) is 7.09. The van der Waals surface area contributed by atoms with Crippen molar-refractivity contribution in [2.45, 2.75) is 19.5 Å². The van der Waals surface area contributed by atoms with Crippen molar-refractivity contribution in [1.82, 2.24) is 24.6 Å². The summed E-state index contributed by atoms with van der Waals surface area (Å²) >= 11 is 0. The van der Waals surface area contributed by atoms with E-state index < -0.39 is 0 Å². The molecule has 8 heteroatoms. The Morgan fingerprint density at radius 2 is 2.04 bits per heavy atom. The van der Waals surface area contributed by atoms with Crippen molar-refractivity contribution >= 4 is 5.91 Å². The molecule has 3 aromatic rings. The number of carbonyl (C=O) groups excluding carboxylic acids is 1. The van der Waals surface area contributed by atoms with Gasteiger partial charge in [0.05, 0.1) is 19.8 Å². The first kappa shape index (κ1) is 16.5. The van der Waals surface area contributed by atoms with Gasteiger partial charge in [0.1, 0.15) is 11.6 Å². The lowest BCUT2D eigenvalue weighted by Gasteiger charge is -2.16. The first-order valence-corrected chi connectivity index (χ1v) is 8.47. The molecule has 0 aromatic carbocycles. The molecule has 26 heavy (non-hydrogen) atoms. The summed E-state index contributed by atoms with van der Waals surface area (Å²) in [5, 5.41) is 8.45. The van der Waals surface area contributed by atoms with Crippen LogP contribution in [0.2, 0.25) is 0 Å². The van der Waals surface area contributed by atoms with E-state index in [0.29, 0.717) is 37.8 Å². The lowest BCUT2D eigenvalue weighted by Crippen LogP contribution is -2.27. The number of pyridine rings is 1. The van der Waals surface area contributed by atoms with E-state index in [4.69, 9.17) is 9.15 Å². The molecule has 1 amide bonds. The summed E-state index contributed by atoms with van der Waals surface area (Å²) in [6, 6.07) is 7.15. The first-order valence-electron chi connectivity index (χ1n) is 8.47. The molecule has 0 bridgehead atoms. The van der Waals surface area contributed by atoms with Crippen LogP contribution >= 0.6 is 0 Å². The molecule has 0 spiro atoms. The number of aromatic nitrogens is 4.